The Labute approximate surface area is 107 Å². The van der Waals surface area contributed by atoms with Crippen LogP contribution in [0.4, 0.5) is 0 Å². The van der Waals surface area contributed by atoms with E-state index in [-0.39, 0.29) is 0 Å². The van der Waals surface area contributed by atoms with Crippen molar-refractivity contribution in [2.75, 3.05) is 20.1 Å². The first-order chi connectivity index (χ1) is 7.93. The summed E-state index contributed by atoms with van der Waals surface area (Å²) < 4.78 is 0. The van der Waals surface area contributed by atoms with Crippen LogP contribution in [0.1, 0.15) is 47.0 Å². The molecule has 2 aliphatic rings. The normalized spacial score (nSPS) is 42.9. The third-order valence-electron chi connectivity index (χ3n) is 4.93. The Hall–Kier alpha value is -0.0800. The summed E-state index contributed by atoms with van der Waals surface area (Å²) in [6, 6.07) is 1.46. The molecule has 0 radical (unpaired) electrons. The Bertz CT molecular complexity index is 262. The summed E-state index contributed by atoms with van der Waals surface area (Å²) in [6.45, 7) is 12.3. The van der Waals surface area contributed by atoms with E-state index in [1.165, 1.54) is 32.4 Å². The van der Waals surface area contributed by atoms with Crippen molar-refractivity contribution in [1.82, 2.24) is 10.2 Å². The van der Waals surface area contributed by atoms with Crippen LogP contribution in [-0.2, 0) is 0 Å². The molecule has 1 N–H and O–H groups in total. The highest BCUT2D eigenvalue weighted by atomic mass is 15.2. The number of rotatable bonds is 2. The Balaban J connectivity index is 2.07. The maximum Gasteiger partial charge on any atom is 0.0275 e. The maximum atomic E-state index is 3.58. The molecule has 0 amide bonds. The van der Waals surface area contributed by atoms with Gasteiger partial charge in [-0.2, -0.15) is 0 Å². The Morgan fingerprint density at radius 2 is 1.88 bits per heavy atom. The van der Waals surface area contributed by atoms with Crippen molar-refractivity contribution >= 4 is 0 Å². The van der Waals surface area contributed by atoms with Crippen LogP contribution in [0, 0.1) is 17.3 Å². The summed E-state index contributed by atoms with van der Waals surface area (Å²) in [4.78, 5) is 2.76. The second-order valence-electron chi connectivity index (χ2n) is 7.32. The zero-order valence-electron chi connectivity index (χ0n) is 12.3. The molecule has 0 bridgehead atoms. The molecule has 1 heterocycles. The SMILES string of the molecule is CNC1CC(C)CC(C)C1N1CCC(C)(C)C1. The topological polar surface area (TPSA) is 15.3 Å². The molecule has 0 aromatic rings. The minimum atomic E-state index is 0.529. The molecule has 0 spiro atoms. The van der Waals surface area contributed by atoms with Gasteiger partial charge in [-0.25, -0.2) is 0 Å². The first kappa shape index (κ1) is 13.4. The number of likely N-dealkylation sites (N-methyl/N-ethyl adjacent to an activating group) is 1. The van der Waals surface area contributed by atoms with Gasteiger partial charge in [0.25, 0.3) is 0 Å². The van der Waals surface area contributed by atoms with Crippen LogP contribution in [0.15, 0.2) is 0 Å². The van der Waals surface area contributed by atoms with E-state index in [0.717, 1.165) is 17.9 Å². The summed E-state index contributed by atoms with van der Waals surface area (Å²) in [5, 5.41) is 3.58. The van der Waals surface area contributed by atoms with Gasteiger partial charge in [0.15, 0.2) is 0 Å². The van der Waals surface area contributed by atoms with Crippen LogP contribution in [0.5, 0.6) is 0 Å². The predicted octanol–water partition coefficient (Wildman–Crippen LogP) is 2.74. The highest BCUT2D eigenvalue weighted by Gasteiger charge is 2.41. The van der Waals surface area contributed by atoms with Gasteiger partial charge in [-0.1, -0.05) is 27.7 Å². The summed E-state index contributed by atoms with van der Waals surface area (Å²) >= 11 is 0. The van der Waals surface area contributed by atoms with Crippen molar-refractivity contribution in [1.29, 1.82) is 0 Å². The summed E-state index contributed by atoms with van der Waals surface area (Å²) in [6.07, 6.45) is 4.12. The molecular formula is C15H30N2. The van der Waals surface area contributed by atoms with Crippen LogP contribution in [0.25, 0.3) is 0 Å². The highest BCUT2D eigenvalue weighted by Crippen LogP contribution is 2.37. The molecule has 4 atom stereocenters. The van der Waals surface area contributed by atoms with Crippen molar-refractivity contribution in [2.45, 2.75) is 59.0 Å². The number of nitrogens with one attached hydrogen (secondary N) is 1. The monoisotopic (exact) mass is 238 g/mol. The van der Waals surface area contributed by atoms with Crippen molar-refractivity contribution in [2.24, 2.45) is 17.3 Å². The van der Waals surface area contributed by atoms with Crippen molar-refractivity contribution < 1.29 is 0 Å². The molecule has 1 saturated heterocycles. The Morgan fingerprint density at radius 1 is 1.18 bits per heavy atom. The maximum absolute atomic E-state index is 3.58. The molecule has 0 aromatic carbocycles. The zero-order chi connectivity index (χ0) is 12.6. The largest absolute Gasteiger partial charge is 0.315 e. The smallest absolute Gasteiger partial charge is 0.0275 e. The molecule has 1 aliphatic carbocycles. The van der Waals surface area contributed by atoms with Gasteiger partial charge in [-0.3, -0.25) is 4.90 Å². The van der Waals surface area contributed by atoms with E-state index in [9.17, 15) is 0 Å². The molecule has 0 aromatic heterocycles. The van der Waals surface area contributed by atoms with Gasteiger partial charge in [-0.05, 0) is 50.1 Å². The highest BCUT2D eigenvalue weighted by molar-refractivity contribution is 4.97. The lowest BCUT2D eigenvalue weighted by Gasteiger charge is -2.44. The minimum Gasteiger partial charge on any atom is -0.315 e. The van der Waals surface area contributed by atoms with Crippen LogP contribution in [0.2, 0.25) is 0 Å². The molecule has 17 heavy (non-hydrogen) atoms. The molecule has 2 rings (SSSR count). The Morgan fingerprint density at radius 3 is 2.41 bits per heavy atom. The predicted molar refractivity (Wildman–Crippen MR) is 74.2 cm³/mol. The van der Waals surface area contributed by atoms with Gasteiger partial charge >= 0.3 is 0 Å². The average molecular weight is 238 g/mol. The third kappa shape index (κ3) is 2.85. The van der Waals surface area contributed by atoms with Gasteiger partial charge in [-0.15, -0.1) is 0 Å². The van der Waals surface area contributed by atoms with Crippen molar-refractivity contribution in [3.05, 3.63) is 0 Å². The fourth-order valence-corrected chi connectivity index (χ4v) is 4.15. The van der Waals surface area contributed by atoms with E-state index in [4.69, 9.17) is 0 Å². The van der Waals surface area contributed by atoms with Crippen LogP contribution in [-0.4, -0.2) is 37.1 Å². The van der Waals surface area contributed by atoms with Crippen LogP contribution >= 0.6 is 0 Å². The summed E-state index contributed by atoms with van der Waals surface area (Å²) in [5.41, 5.74) is 0.529. The van der Waals surface area contributed by atoms with Gasteiger partial charge in [0.05, 0.1) is 0 Å². The molecule has 2 heteroatoms. The lowest BCUT2D eigenvalue weighted by Crippen LogP contribution is -2.55. The van der Waals surface area contributed by atoms with E-state index in [2.05, 4.69) is 45.0 Å². The van der Waals surface area contributed by atoms with Gasteiger partial charge in [0.1, 0.15) is 0 Å². The zero-order valence-corrected chi connectivity index (χ0v) is 12.3. The van der Waals surface area contributed by atoms with E-state index in [0.29, 0.717) is 11.5 Å². The molecule has 100 valence electrons. The first-order valence-electron chi connectivity index (χ1n) is 7.34. The van der Waals surface area contributed by atoms with Crippen molar-refractivity contribution in [3.8, 4) is 0 Å². The standard InChI is InChI=1S/C15H30N2/c1-11-8-12(2)14(13(9-11)16-5)17-7-6-15(3,4)10-17/h11-14,16H,6-10H2,1-5H3. The fraction of sp³-hybridized carbons (Fsp3) is 1.00. The van der Waals surface area contributed by atoms with E-state index in [1.54, 1.807) is 0 Å². The van der Waals surface area contributed by atoms with E-state index >= 15 is 0 Å². The molecule has 1 saturated carbocycles. The van der Waals surface area contributed by atoms with Crippen molar-refractivity contribution in [3.63, 3.8) is 0 Å². The molecule has 2 nitrogen and oxygen atoms in total. The number of hydrogen-bond acceptors (Lipinski definition) is 2. The first-order valence-corrected chi connectivity index (χ1v) is 7.34. The molecule has 1 aliphatic heterocycles. The quantitative estimate of drug-likeness (QED) is 0.796. The number of likely N-dealkylation sites (tertiary alicyclic amines) is 1. The van der Waals surface area contributed by atoms with Gasteiger partial charge in [0.2, 0.25) is 0 Å². The van der Waals surface area contributed by atoms with Gasteiger partial charge in [0, 0.05) is 18.6 Å². The van der Waals surface area contributed by atoms with Crippen LogP contribution < -0.4 is 5.32 Å². The average Bonchev–Trinajstić information content (AvgIpc) is 2.57. The molecule has 2 fully saturated rings. The fourth-order valence-electron chi connectivity index (χ4n) is 4.15. The van der Waals surface area contributed by atoms with E-state index in [1.807, 2.05) is 0 Å². The number of nitrogens with zero attached hydrogens (tertiary/aromatic N) is 1. The Kier molecular flexibility index (Phi) is 3.84. The minimum absolute atomic E-state index is 0.529. The lowest BCUT2D eigenvalue weighted by molar-refractivity contribution is 0.0752. The summed E-state index contributed by atoms with van der Waals surface area (Å²) in [7, 11) is 2.14. The molecule has 4 unspecified atom stereocenters. The number of hydrogen-bond donors (Lipinski definition) is 1. The second-order valence-corrected chi connectivity index (χ2v) is 7.32. The van der Waals surface area contributed by atoms with Gasteiger partial charge < -0.3 is 5.32 Å². The van der Waals surface area contributed by atoms with E-state index < -0.39 is 0 Å². The molecular weight excluding hydrogens is 208 g/mol. The van der Waals surface area contributed by atoms with Crippen LogP contribution in [0.3, 0.4) is 0 Å². The second kappa shape index (κ2) is 4.89. The third-order valence-corrected chi connectivity index (χ3v) is 4.93. The summed E-state index contributed by atoms with van der Waals surface area (Å²) in [5.74, 6) is 1.72. The lowest BCUT2D eigenvalue weighted by atomic mass is 9.76.